The van der Waals surface area contributed by atoms with Gasteiger partial charge in [-0.3, -0.25) is 9.10 Å². The molecule has 0 bridgehead atoms. The number of carbonyl (C=O) groups is 1. The van der Waals surface area contributed by atoms with E-state index < -0.39 is 15.9 Å². The Kier molecular flexibility index (Phi) is 8.18. The first-order valence-electron chi connectivity index (χ1n) is 9.78. The maximum Gasteiger partial charge on any atom is 0.264 e. The number of aryl methyl sites for hydroxylation is 1. The summed E-state index contributed by atoms with van der Waals surface area (Å²) in [5.74, 6) is 0.181. The highest BCUT2D eigenvalue weighted by atomic mass is 127. The predicted octanol–water partition coefficient (Wildman–Crippen LogP) is 5.59. The molecule has 0 heterocycles. The van der Waals surface area contributed by atoms with E-state index in [0.29, 0.717) is 23.7 Å². The summed E-state index contributed by atoms with van der Waals surface area (Å²) in [6.07, 6.45) is 0. The normalized spacial score (nSPS) is 11.1. The maximum absolute atomic E-state index is 13.5. The number of ether oxygens (including phenoxy) is 1. The molecule has 0 radical (unpaired) electrons. The van der Waals surface area contributed by atoms with E-state index in [1.807, 2.05) is 26.0 Å². The fraction of sp³-hybridized carbons (Fsp3) is 0.174. The lowest BCUT2D eigenvalue weighted by Crippen LogP contribution is -2.38. The van der Waals surface area contributed by atoms with Gasteiger partial charge in [-0.25, -0.2) is 8.42 Å². The Morgan fingerprint density at radius 1 is 1.06 bits per heavy atom. The molecule has 0 aliphatic heterocycles. The zero-order valence-corrected chi connectivity index (χ0v) is 22.1. The summed E-state index contributed by atoms with van der Waals surface area (Å²) in [4.78, 5) is 13.0. The summed E-state index contributed by atoms with van der Waals surface area (Å²) < 4.78 is 35.3. The number of nitrogens with zero attached hydrogens (tertiary/aromatic N) is 1. The van der Waals surface area contributed by atoms with E-state index in [1.165, 1.54) is 12.1 Å². The lowest BCUT2D eigenvalue weighted by molar-refractivity contribution is -0.114. The van der Waals surface area contributed by atoms with Crippen LogP contribution in [-0.4, -0.2) is 27.5 Å². The van der Waals surface area contributed by atoms with Crippen LogP contribution in [0, 0.1) is 10.5 Å². The van der Waals surface area contributed by atoms with Crippen LogP contribution in [0.25, 0.3) is 0 Å². The van der Waals surface area contributed by atoms with E-state index in [1.54, 1.807) is 42.5 Å². The van der Waals surface area contributed by atoms with Gasteiger partial charge in [0.1, 0.15) is 12.3 Å². The monoisotopic (exact) mass is 628 g/mol. The zero-order chi connectivity index (χ0) is 23.3. The van der Waals surface area contributed by atoms with Crippen molar-refractivity contribution in [1.29, 1.82) is 0 Å². The molecule has 9 heteroatoms. The highest BCUT2D eigenvalue weighted by Crippen LogP contribution is 2.27. The van der Waals surface area contributed by atoms with Crippen LogP contribution in [0.3, 0.4) is 0 Å². The Morgan fingerprint density at radius 3 is 2.31 bits per heavy atom. The lowest BCUT2D eigenvalue weighted by Gasteiger charge is -2.24. The molecule has 3 rings (SSSR count). The highest BCUT2D eigenvalue weighted by molar-refractivity contribution is 14.1. The van der Waals surface area contributed by atoms with Gasteiger partial charge in [0.05, 0.1) is 17.2 Å². The van der Waals surface area contributed by atoms with Gasteiger partial charge in [0.25, 0.3) is 10.0 Å². The van der Waals surface area contributed by atoms with Gasteiger partial charge >= 0.3 is 0 Å². The number of hydrogen-bond acceptors (Lipinski definition) is 4. The van der Waals surface area contributed by atoms with E-state index in [4.69, 9.17) is 4.74 Å². The summed E-state index contributed by atoms with van der Waals surface area (Å²) in [6, 6.07) is 18.6. The van der Waals surface area contributed by atoms with Crippen LogP contribution in [0.2, 0.25) is 0 Å². The molecule has 3 aromatic carbocycles. The fourth-order valence-corrected chi connectivity index (χ4v) is 5.34. The third kappa shape index (κ3) is 6.02. The molecule has 1 amide bonds. The van der Waals surface area contributed by atoms with Crippen molar-refractivity contribution >= 4 is 65.8 Å². The molecule has 0 aliphatic rings. The van der Waals surface area contributed by atoms with Crippen molar-refractivity contribution in [3.63, 3.8) is 0 Å². The van der Waals surface area contributed by atoms with Crippen LogP contribution in [0.1, 0.15) is 12.5 Å². The second-order valence-electron chi connectivity index (χ2n) is 6.90. The van der Waals surface area contributed by atoms with Crippen LogP contribution in [-0.2, 0) is 14.8 Å². The minimum absolute atomic E-state index is 0.0906. The average molecular weight is 629 g/mol. The van der Waals surface area contributed by atoms with Crippen LogP contribution < -0.4 is 14.4 Å². The number of anilines is 2. The molecule has 0 aromatic heterocycles. The summed E-state index contributed by atoms with van der Waals surface area (Å²) in [7, 11) is -3.99. The Bertz CT molecular complexity index is 1200. The molecule has 168 valence electrons. The van der Waals surface area contributed by atoms with Gasteiger partial charge in [-0.1, -0.05) is 15.9 Å². The van der Waals surface area contributed by atoms with Gasteiger partial charge in [0.2, 0.25) is 5.91 Å². The average Bonchev–Trinajstić information content (AvgIpc) is 2.75. The first-order valence-corrected chi connectivity index (χ1v) is 13.1. The third-order valence-electron chi connectivity index (χ3n) is 4.59. The van der Waals surface area contributed by atoms with Crippen LogP contribution >= 0.6 is 38.5 Å². The first kappa shape index (κ1) is 24.5. The molecule has 0 aliphatic carbocycles. The van der Waals surface area contributed by atoms with E-state index in [2.05, 4.69) is 43.8 Å². The number of benzene rings is 3. The summed E-state index contributed by atoms with van der Waals surface area (Å²) in [5.41, 5.74) is 1.91. The topological polar surface area (TPSA) is 75.7 Å². The van der Waals surface area contributed by atoms with Crippen LogP contribution in [0.15, 0.2) is 76.1 Å². The number of halogens is 2. The minimum Gasteiger partial charge on any atom is -0.494 e. The van der Waals surface area contributed by atoms with Gasteiger partial charge in [-0.05, 0) is 109 Å². The fourth-order valence-electron chi connectivity index (χ4n) is 3.01. The van der Waals surface area contributed by atoms with Crippen molar-refractivity contribution in [2.45, 2.75) is 18.7 Å². The molecule has 32 heavy (non-hydrogen) atoms. The van der Waals surface area contributed by atoms with E-state index in [-0.39, 0.29) is 11.4 Å². The van der Waals surface area contributed by atoms with Gasteiger partial charge in [0, 0.05) is 13.7 Å². The number of sulfonamides is 1. The number of amides is 1. The molecule has 0 atom stereocenters. The second kappa shape index (κ2) is 10.7. The van der Waals surface area contributed by atoms with Crippen molar-refractivity contribution in [3.8, 4) is 5.75 Å². The number of rotatable bonds is 8. The molecular weight excluding hydrogens is 607 g/mol. The van der Waals surface area contributed by atoms with Gasteiger partial charge in [0.15, 0.2) is 0 Å². The minimum atomic E-state index is -3.99. The van der Waals surface area contributed by atoms with E-state index >= 15 is 0 Å². The van der Waals surface area contributed by atoms with E-state index in [0.717, 1.165) is 17.9 Å². The standard InChI is InChI=1S/C23H22BrIN2O4S/c1-3-31-20-9-7-19(8-10-20)27(32(29,30)21-11-4-17(24)5-12-21)15-23(28)26-22-13-6-18(25)14-16(22)2/h4-14H,3,15H2,1-2H3,(H,26,28). The molecule has 0 saturated carbocycles. The lowest BCUT2D eigenvalue weighted by atomic mass is 10.2. The molecule has 0 fully saturated rings. The quantitative estimate of drug-likeness (QED) is 0.330. The van der Waals surface area contributed by atoms with Crippen molar-refractivity contribution in [1.82, 2.24) is 0 Å². The Labute approximate surface area is 210 Å². The largest absolute Gasteiger partial charge is 0.494 e. The molecule has 1 N–H and O–H groups in total. The molecule has 3 aromatic rings. The first-order chi connectivity index (χ1) is 15.2. The van der Waals surface area contributed by atoms with Crippen LogP contribution in [0.4, 0.5) is 11.4 Å². The van der Waals surface area contributed by atoms with Crippen molar-refractivity contribution in [2.75, 3.05) is 22.8 Å². The van der Waals surface area contributed by atoms with Crippen molar-refractivity contribution in [2.24, 2.45) is 0 Å². The number of hydrogen-bond donors (Lipinski definition) is 1. The summed E-state index contributed by atoms with van der Waals surface area (Å²) >= 11 is 5.52. The van der Waals surface area contributed by atoms with Crippen molar-refractivity contribution in [3.05, 3.63) is 80.3 Å². The van der Waals surface area contributed by atoms with Gasteiger partial charge in [-0.15, -0.1) is 0 Å². The van der Waals surface area contributed by atoms with Crippen molar-refractivity contribution < 1.29 is 17.9 Å². The molecule has 6 nitrogen and oxygen atoms in total. The number of nitrogens with one attached hydrogen (secondary N) is 1. The second-order valence-corrected chi connectivity index (χ2v) is 10.9. The summed E-state index contributed by atoms with van der Waals surface area (Å²) in [6.45, 7) is 3.88. The van der Waals surface area contributed by atoms with E-state index in [9.17, 15) is 13.2 Å². The Hall–Kier alpha value is -2.11. The highest BCUT2D eigenvalue weighted by Gasteiger charge is 2.27. The Morgan fingerprint density at radius 2 is 1.72 bits per heavy atom. The smallest absolute Gasteiger partial charge is 0.264 e. The number of carbonyl (C=O) groups excluding carboxylic acids is 1. The third-order valence-corrected chi connectivity index (χ3v) is 7.57. The maximum atomic E-state index is 13.5. The molecule has 0 spiro atoms. The zero-order valence-electron chi connectivity index (χ0n) is 17.5. The van der Waals surface area contributed by atoms with Crippen LogP contribution in [0.5, 0.6) is 5.75 Å². The van der Waals surface area contributed by atoms with Gasteiger partial charge in [-0.2, -0.15) is 0 Å². The molecule has 0 unspecified atom stereocenters. The predicted molar refractivity (Wildman–Crippen MR) is 139 cm³/mol. The SMILES string of the molecule is CCOc1ccc(N(CC(=O)Nc2ccc(I)cc2C)S(=O)(=O)c2ccc(Br)cc2)cc1. The van der Waals surface area contributed by atoms with Gasteiger partial charge < -0.3 is 10.1 Å². The molecular formula is C23H22BrIN2O4S. The Balaban J connectivity index is 1.94. The summed E-state index contributed by atoms with van der Waals surface area (Å²) in [5, 5.41) is 2.82. The molecule has 0 saturated heterocycles.